The van der Waals surface area contributed by atoms with E-state index in [1.54, 1.807) is 6.92 Å². The summed E-state index contributed by atoms with van der Waals surface area (Å²) in [5.41, 5.74) is -0.112. The number of hydrogen-bond donors (Lipinski definition) is 1. The smallest absolute Gasteiger partial charge is 0.332 e. The maximum Gasteiger partial charge on any atom is 0.332 e. The highest BCUT2D eigenvalue weighted by atomic mass is 35.5. The van der Waals surface area contributed by atoms with E-state index < -0.39 is 4.92 Å². The Labute approximate surface area is 111 Å². The lowest BCUT2D eigenvalue weighted by atomic mass is 9.95. The van der Waals surface area contributed by atoms with Crippen LogP contribution in [0.5, 0.6) is 0 Å². The Kier molecular flexibility index (Phi) is 4.45. The van der Waals surface area contributed by atoms with Gasteiger partial charge in [-0.25, -0.2) is 4.98 Å². The Morgan fingerprint density at radius 2 is 1.94 bits per heavy atom. The highest BCUT2D eigenvalue weighted by Crippen LogP contribution is 2.30. The van der Waals surface area contributed by atoms with Gasteiger partial charge in [0.2, 0.25) is 11.1 Å². The van der Waals surface area contributed by atoms with Crippen molar-refractivity contribution in [2.75, 3.05) is 5.32 Å². The highest BCUT2D eigenvalue weighted by Gasteiger charge is 2.27. The standard InChI is InChI=1S/C11H17ClN4O2/c1-5-11(4,6-2)15-9-8(16(17)18)7(3)13-10(12)14-9/h5-6H2,1-4H3,(H,13,14,15). The maximum absolute atomic E-state index is 11.1. The summed E-state index contributed by atoms with van der Waals surface area (Å²) in [4.78, 5) is 18.3. The molecule has 0 bridgehead atoms. The molecule has 0 saturated carbocycles. The predicted octanol–water partition coefficient (Wildman–Crippen LogP) is 3.34. The minimum absolute atomic E-state index is 0.00940. The number of hydrogen-bond acceptors (Lipinski definition) is 5. The monoisotopic (exact) mass is 272 g/mol. The van der Waals surface area contributed by atoms with Crippen molar-refractivity contribution in [3.63, 3.8) is 0 Å². The van der Waals surface area contributed by atoms with E-state index in [1.165, 1.54) is 0 Å². The fraction of sp³-hybridized carbons (Fsp3) is 0.636. The molecule has 1 rings (SSSR count). The van der Waals surface area contributed by atoms with Crippen molar-refractivity contribution in [2.24, 2.45) is 0 Å². The molecule has 0 aromatic carbocycles. The number of aryl methyl sites for hydroxylation is 1. The summed E-state index contributed by atoms with van der Waals surface area (Å²) in [6.45, 7) is 7.56. The number of anilines is 1. The largest absolute Gasteiger partial charge is 0.359 e. The molecule has 1 heterocycles. The van der Waals surface area contributed by atoms with Crippen molar-refractivity contribution in [2.45, 2.75) is 46.1 Å². The number of aromatic nitrogens is 2. The molecule has 100 valence electrons. The van der Waals surface area contributed by atoms with Gasteiger partial charge in [-0.15, -0.1) is 0 Å². The van der Waals surface area contributed by atoms with E-state index in [-0.39, 0.29) is 28.0 Å². The van der Waals surface area contributed by atoms with E-state index in [9.17, 15) is 10.1 Å². The number of nitro groups is 1. The van der Waals surface area contributed by atoms with Gasteiger partial charge < -0.3 is 5.32 Å². The van der Waals surface area contributed by atoms with Gasteiger partial charge in [0.15, 0.2) is 0 Å². The lowest BCUT2D eigenvalue weighted by Gasteiger charge is -2.28. The van der Waals surface area contributed by atoms with Crippen LogP contribution in [0.3, 0.4) is 0 Å². The molecular formula is C11H17ClN4O2. The molecule has 1 N–H and O–H groups in total. The second kappa shape index (κ2) is 5.48. The Bertz CT molecular complexity index is 461. The molecule has 1 aromatic rings. The first-order valence-electron chi connectivity index (χ1n) is 5.79. The van der Waals surface area contributed by atoms with Crippen LogP contribution in [0.15, 0.2) is 0 Å². The summed E-state index contributed by atoms with van der Waals surface area (Å²) in [5, 5.41) is 14.2. The summed E-state index contributed by atoms with van der Waals surface area (Å²) in [7, 11) is 0. The molecule has 0 amide bonds. The van der Waals surface area contributed by atoms with Gasteiger partial charge in [-0.1, -0.05) is 13.8 Å². The van der Waals surface area contributed by atoms with Crippen LogP contribution in [0.1, 0.15) is 39.3 Å². The molecule has 6 nitrogen and oxygen atoms in total. The SMILES string of the molecule is CCC(C)(CC)Nc1nc(Cl)nc(C)c1[N+](=O)[O-]. The third kappa shape index (κ3) is 3.07. The van der Waals surface area contributed by atoms with Gasteiger partial charge in [0.25, 0.3) is 0 Å². The number of nitrogens with one attached hydrogen (secondary N) is 1. The second-order valence-corrected chi connectivity index (χ2v) is 4.76. The van der Waals surface area contributed by atoms with Crippen LogP contribution in [-0.4, -0.2) is 20.4 Å². The molecule has 0 radical (unpaired) electrons. The van der Waals surface area contributed by atoms with Gasteiger partial charge >= 0.3 is 5.69 Å². The molecule has 1 aromatic heterocycles. The molecule has 0 aliphatic carbocycles. The summed E-state index contributed by atoms with van der Waals surface area (Å²) >= 11 is 5.76. The zero-order valence-corrected chi connectivity index (χ0v) is 11.7. The van der Waals surface area contributed by atoms with E-state index in [4.69, 9.17) is 11.6 Å². The fourth-order valence-corrected chi connectivity index (χ4v) is 1.76. The van der Waals surface area contributed by atoms with E-state index in [0.717, 1.165) is 12.8 Å². The molecule has 0 spiro atoms. The van der Waals surface area contributed by atoms with Crippen LogP contribution in [-0.2, 0) is 0 Å². The van der Waals surface area contributed by atoms with Crippen LogP contribution < -0.4 is 5.32 Å². The number of nitrogens with zero attached hydrogens (tertiary/aromatic N) is 3. The molecule has 7 heteroatoms. The molecule has 0 aliphatic heterocycles. The van der Waals surface area contributed by atoms with Crippen LogP contribution in [0.2, 0.25) is 5.28 Å². The minimum Gasteiger partial charge on any atom is -0.359 e. The van der Waals surface area contributed by atoms with E-state index in [2.05, 4.69) is 15.3 Å². The first-order chi connectivity index (χ1) is 8.33. The summed E-state index contributed by atoms with van der Waals surface area (Å²) in [6.07, 6.45) is 1.64. The lowest BCUT2D eigenvalue weighted by Crippen LogP contribution is -2.33. The zero-order chi connectivity index (χ0) is 13.9. The summed E-state index contributed by atoms with van der Waals surface area (Å²) in [5.74, 6) is 0.184. The molecule has 0 fully saturated rings. The normalized spacial score (nSPS) is 11.4. The Morgan fingerprint density at radius 1 is 1.39 bits per heavy atom. The third-order valence-electron chi connectivity index (χ3n) is 3.19. The molecule has 0 unspecified atom stereocenters. The van der Waals surface area contributed by atoms with Gasteiger partial charge in [-0.2, -0.15) is 4.98 Å². The van der Waals surface area contributed by atoms with Gasteiger partial charge in [-0.3, -0.25) is 10.1 Å². The van der Waals surface area contributed by atoms with Gasteiger partial charge in [0, 0.05) is 5.54 Å². The van der Waals surface area contributed by atoms with Crippen molar-refractivity contribution >= 4 is 23.1 Å². The van der Waals surface area contributed by atoms with Crippen molar-refractivity contribution in [3.05, 3.63) is 21.1 Å². The third-order valence-corrected chi connectivity index (χ3v) is 3.36. The Hall–Kier alpha value is -1.43. The summed E-state index contributed by atoms with van der Waals surface area (Å²) < 4.78 is 0. The van der Waals surface area contributed by atoms with Crippen LogP contribution in [0.4, 0.5) is 11.5 Å². The van der Waals surface area contributed by atoms with E-state index in [0.29, 0.717) is 0 Å². The quantitative estimate of drug-likeness (QED) is 0.505. The van der Waals surface area contributed by atoms with Crippen LogP contribution in [0, 0.1) is 17.0 Å². The van der Waals surface area contributed by atoms with Gasteiger partial charge in [0.05, 0.1) is 4.92 Å². The number of halogens is 1. The molecule has 18 heavy (non-hydrogen) atoms. The van der Waals surface area contributed by atoms with E-state index >= 15 is 0 Å². The van der Waals surface area contributed by atoms with Crippen molar-refractivity contribution in [3.8, 4) is 0 Å². The van der Waals surface area contributed by atoms with Gasteiger partial charge in [0.1, 0.15) is 5.69 Å². The predicted molar refractivity (Wildman–Crippen MR) is 71.0 cm³/mol. The van der Waals surface area contributed by atoms with Crippen molar-refractivity contribution in [1.29, 1.82) is 0 Å². The van der Waals surface area contributed by atoms with Crippen molar-refractivity contribution in [1.82, 2.24) is 9.97 Å². The summed E-state index contributed by atoms with van der Waals surface area (Å²) in [6, 6.07) is 0. The van der Waals surface area contributed by atoms with E-state index in [1.807, 2.05) is 20.8 Å². The van der Waals surface area contributed by atoms with Crippen LogP contribution >= 0.6 is 11.6 Å². The molecule has 0 saturated heterocycles. The lowest BCUT2D eigenvalue weighted by molar-refractivity contribution is -0.385. The Balaban J connectivity index is 3.27. The zero-order valence-electron chi connectivity index (χ0n) is 11.0. The minimum atomic E-state index is -0.486. The molecular weight excluding hydrogens is 256 g/mol. The molecule has 0 aliphatic rings. The first-order valence-corrected chi connectivity index (χ1v) is 6.17. The second-order valence-electron chi connectivity index (χ2n) is 4.43. The number of rotatable bonds is 5. The van der Waals surface area contributed by atoms with Crippen molar-refractivity contribution < 1.29 is 4.92 Å². The first kappa shape index (κ1) is 14.6. The average Bonchev–Trinajstić information content (AvgIpc) is 2.27. The van der Waals surface area contributed by atoms with Crippen LogP contribution in [0.25, 0.3) is 0 Å². The van der Waals surface area contributed by atoms with Gasteiger partial charge in [-0.05, 0) is 38.3 Å². The fourth-order valence-electron chi connectivity index (χ4n) is 1.55. The topological polar surface area (TPSA) is 81.0 Å². The Morgan fingerprint density at radius 3 is 2.39 bits per heavy atom. The average molecular weight is 273 g/mol. The molecule has 0 atom stereocenters. The maximum atomic E-state index is 11.1. The highest BCUT2D eigenvalue weighted by molar-refractivity contribution is 6.28.